The number of halogens is 2. The third-order valence-electron chi connectivity index (χ3n) is 2.13. The molecule has 0 spiro atoms. The number of hydrogen-bond donors (Lipinski definition) is 2. The maximum absolute atomic E-state index is 5.97. The number of hydrogen-bond acceptors (Lipinski definition) is 4. The number of hydrazone groups is 1. The van der Waals surface area contributed by atoms with Crippen LogP contribution >= 0.6 is 35.4 Å². The molecule has 3 N–H and O–H groups in total. The Kier molecular flexibility index (Phi) is 10.9. The molecule has 116 valence electrons. The van der Waals surface area contributed by atoms with Crippen molar-refractivity contribution >= 4 is 52.9 Å². The highest BCUT2D eigenvalue weighted by Crippen LogP contribution is 2.25. The van der Waals surface area contributed by atoms with Gasteiger partial charge in [0.1, 0.15) is 11.9 Å². The zero-order valence-electron chi connectivity index (χ0n) is 12.1. The molecule has 0 bridgehead atoms. The first-order valence-corrected chi connectivity index (χ1v) is 7.39. The van der Waals surface area contributed by atoms with Gasteiger partial charge in [0.15, 0.2) is 0 Å². The van der Waals surface area contributed by atoms with E-state index in [9.17, 15) is 0 Å². The van der Waals surface area contributed by atoms with Crippen LogP contribution in [0.2, 0.25) is 10.0 Å². The standard InChI is InChI=1S/C13H14Cl2N2OS.CH5N/c1-3-13(18-9(2)7-16-17-8-19)10-4-11(14)6-12(15)5-10;1-2/h3-9H,1-2H3,(H,17,19);2H2,1H3/b13-3-,16-7+;. The lowest BCUT2D eigenvalue weighted by atomic mass is 10.2. The van der Waals surface area contributed by atoms with Crippen LogP contribution in [0.4, 0.5) is 0 Å². The van der Waals surface area contributed by atoms with Crippen molar-refractivity contribution in [3.8, 4) is 0 Å². The first-order valence-electron chi connectivity index (χ1n) is 6.16. The summed E-state index contributed by atoms with van der Waals surface area (Å²) >= 11 is 16.5. The molecule has 0 aliphatic carbocycles. The van der Waals surface area contributed by atoms with Crippen LogP contribution in [-0.2, 0) is 4.74 Å². The predicted octanol–water partition coefficient (Wildman–Crippen LogP) is 3.87. The summed E-state index contributed by atoms with van der Waals surface area (Å²) in [6, 6.07) is 5.26. The molecule has 0 amide bonds. The van der Waals surface area contributed by atoms with Gasteiger partial charge in [-0.3, -0.25) is 5.43 Å². The van der Waals surface area contributed by atoms with Crippen molar-refractivity contribution in [2.45, 2.75) is 20.0 Å². The summed E-state index contributed by atoms with van der Waals surface area (Å²) in [6.07, 6.45) is 3.24. The van der Waals surface area contributed by atoms with Gasteiger partial charge in [-0.1, -0.05) is 35.4 Å². The molecule has 0 aromatic heterocycles. The second kappa shape index (κ2) is 11.5. The van der Waals surface area contributed by atoms with E-state index in [1.54, 1.807) is 24.4 Å². The minimum Gasteiger partial charge on any atom is -0.485 e. The van der Waals surface area contributed by atoms with Gasteiger partial charge in [-0.25, -0.2) is 0 Å². The van der Waals surface area contributed by atoms with Crippen molar-refractivity contribution in [3.05, 3.63) is 39.9 Å². The van der Waals surface area contributed by atoms with Gasteiger partial charge in [0.05, 0.1) is 11.7 Å². The maximum Gasteiger partial charge on any atom is 0.133 e. The van der Waals surface area contributed by atoms with E-state index < -0.39 is 0 Å². The number of nitrogens with zero attached hydrogens (tertiary/aromatic N) is 1. The highest BCUT2D eigenvalue weighted by molar-refractivity contribution is 7.78. The summed E-state index contributed by atoms with van der Waals surface area (Å²) < 4.78 is 5.75. The average Bonchev–Trinajstić information content (AvgIpc) is 2.46. The molecule has 4 nitrogen and oxygen atoms in total. The van der Waals surface area contributed by atoms with Crippen molar-refractivity contribution in [1.82, 2.24) is 5.43 Å². The van der Waals surface area contributed by atoms with Crippen LogP contribution in [0.1, 0.15) is 19.4 Å². The molecule has 0 saturated heterocycles. The second-order valence-electron chi connectivity index (χ2n) is 3.66. The molecule has 1 aromatic carbocycles. The van der Waals surface area contributed by atoms with Gasteiger partial charge in [-0.2, -0.15) is 5.10 Å². The Balaban J connectivity index is 0.00000191. The zero-order chi connectivity index (χ0) is 16.3. The van der Waals surface area contributed by atoms with E-state index in [0.717, 1.165) is 5.56 Å². The molecule has 0 aliphatic rings. The molecular weight excluding hydrogens is 329 g/mol. The molecule has 0 heterocycles. The minimum atomic E-state index is -0.216. The monoisotopic (exact) mass is 347 g/mol. The second-order valence-corrected chi connectivity index (χ2v) is 4.77. The fraction of sp³-hybridized carbons (Fsp3) is 0.286. The Bertz CT molecular complexity index is 487. The Labute approximate surface area is 141 Å². The molecule has 0 aliphatic heterocycles. The number of ether oxygens (including phenoxy) is 1. The average molecular weight is 348 g/mol. The zero-order valence-corrected chi connectivity index (χ0v) is 14.5. The van der Waals surface area contributed by atoms with Crippen molar-refractivity contribution in [3.63, 3.8) is 0 Å². The molecule has 1 unspecified atom stereocenters. The van der Waals surface area contributed by atoms with E-state index in [4.69, 9.17) is 27.9 Å². The summed E-state index contributed by atoms with van der Waals surface area (Å²) in [5, 5.41) is 4.99. The third kappa shape index (κ3) is 8.02. The third-order valence-corrected chi connectivity index (χ3v) is 2.68. The Morgan fingerprint density at radius 1 is 1.33 bits per heavy atom. The van der Waals surface area contributed by atoms with Gasteiger partial charge in [0, 0.05) is 15.6 Å². The van der Waals surface area contributed by atoms with E-state index in [1.165, 1.54) is 12.5 Å². The van der Waals surface area contributed by atoms with Gasteiger partial charge in [-0.15, -0.1) is 0 Å². The van der Waals surface area contributed by atoms with Crippen molar-refractivity contribution in [1.29, 1.82) is 0 Å². The van der Waals surface area contributed by atoms with Crippen LogP contribution in [0, 0.1) is 0 Å². The molecule has 0 radical (unpaired) electrons. The fourth-order valence-electron chi connectivity index (χ4n) is 1.41. The van der Waals surface area contributed by atoms with E-state index in [0.29, 0.717) is 15.8 Å². The van der Waals surface area contributed by atoms with Crippen molar-refractivity contribution in [2.24, 2.45) is 10.8 Å². The predicted molar refractivity (Wildman–Crippen MR) is 96.1 cm³/mol. The number of benzene rings is 1. The SMILES string of the molecule is C/C=C(\OC(C)/C=N/NC=S)c1cc(Cl)cc(Cl)c1.CN. The summed E-state index contributed by atoms with van der Waals surface area (Å²) in [6.45, 7) is 3.74. The van der Waals surface area contributed by atoms with Gasteiger partial charge >= 0.3 is 0 Å². The number of nitrogens with two attached hydrogens (primary N) is 1. The smallest absolute Gasteiger partial charge is 0.133 e. The van der Waals surface area contributed by atoms with Gasteiger partial charge in [-0.05, 0) is 45.2 Å². The summed E-state index contributed by atoms with van der Waals surface area (Å²) in [5.74, 6) is 0.686. The van der Waals surface area contributed by atoms with Crippen molar-refractivity contribution in [2.75, 3.05) is 7.05 Å². The van der Waals surface area contributed by atoms with Crippen LogP contribution in [0.5, 0.6) is 0 Å². The lowest BCUT2D eigenvalue weighted by Crippen LogP contribution is -2.12. The molecular formula is C14H19Cl2N3OS. The van der Waals surface area contributed by atoms with Gasteiger partial charge < -0.3 is 10.5 Å². The number of allylic oxidation sites excluding steroid dienone is 1. The van der Waals surface area contributed by atoms with Crippen LogP contribution in [0.25, 0.3) is 5.76 Å². The molecule has 0 fully saturated rings. The lowest BCUT2D eigenvalue weighted by Gasteiger charge is -2.14. The normalized spacial score (nSPS) is 12.4. The van der Waals surface area contributed by atoms with Crippen LogP contribution in [-0.4, -0.2) is 24.9 Å². The summed E-state index contributed by atoms with van der Waals surface area (Å²) in [5.41, 5.74) is 9.18. The van der Waals surface area contributed by atoms with E-state index in [-0.39, 0.29) is 6.10 Å². The number of thiocarbonyl (C=S) groups is 1. The molecule has 1 aromatic rings. The molecule has 1 rings (SSSR count). The summed E-state index contributed by atoms with van der Waals surface area (Å²) in [4.78, 5) is 0. The van der Waals surface area contributed by atoms with Crippen molar-refractivity contribution < 1.29 is 4.74 Å². The van der Waals surface area contributed by atoms with Gasteiger partial charge in [0.2, 0.25) is 0 Å². The van der Waals surface area contributed by atoms with Gasteiger partial charge in [0.25, 0.3) is 0 Å². The topological polar surface area (TPSA) is 59.6 Å². The first kappa shape index (κ1) is 19.9. The maximum atomic E-state index is 5.97. The fourth-order valence-corrected chi connectivity index (χ4v) is 1.99. The molecule has 7 heteroatoms. The van der Waals surface area contributed by atoms with E-state index in [1.807, 2.05) is 19.9 Å². The molecule has 21 heavy (non-hydrogen) atoms. The highest BCUT2D eigenvalue weighted by Gasteiger charge is 2.08. The largest absolute Gasteiger partial charge is 0.485 e. The van der Waals surface area contributed by atoms with Crippen LogP contribution < -0.4 is 11.2 Å². The Morgan fingerprint density at radius 3 is 2.38 bits per heavy atom. The molecule has 0 saturated carbocycles. The number of nitrogens with one attached hydrogen (secondary N) is 1. The lowest BCUT2D eigenvalue weighted by molar-refractivity contribution is 0.250. The Hall–Kier alpha value is -1.14. The molecule has 1 atom stereocenters. The number of rotatable bonds is 6. The van der Waals surface area contributed by atoms with E-state index in [2.05, 4.69) is 28.5 Å². The quantitative estimate of drug-likeness (QED) is 0.355. The first-order chi connectivity index (χ1) is 10.1. The van der Waals surface area contributed by atoms with E-state index >= 15 is 0 Å². The van der Waals surface area contributed by atoms with Crippen LogP contribution in [0.15, 0.2) is 29.4 Å². The summed E-state index contributed by atoms with van der Waals surface area (Å²) in [7, 11) is 1.50. The van der Waals surface area contributed by atoms with Crippen LogP contribution in [0.3, 0.4) is 0 Å². The Morgan fingerprint density at radius 2 is 1.90 bits per heavy atom. The highest BCUT2D eigenvalue weighted by atomic mass is 35.5. The minimum absolute atomic E-state index is 0.216.